The number of anilines is 2. The van der Waals surface area contributed by atoms with Gasteiger partial charge in [-0.25, -0.2) is 0 Å². The number of ether oxygens (including phenoxy) is 1. The van der Waals surface area contributed by atoms with Crippen LogP contribution in [0.4, 0.5) is 11.4 Å². The minimum Gasteiger partial charge on any atom is -0.484 e. The second-order valence-electron chi connectivity index (χ2n) is 8.85. The number of hydrogen-bond acceptors (Lipinski definition) is 4. The van der Waals surface area contributed by atoms with E-state index in [-0.39, 0.29) is 30.7 Å². The van der Waals surface area contributed by atoms with Gasteiger partial charge in [0.05, 0.1) is 5.92 Å². The molecule has 186 valence electrons. The number of rotatable bonds is 8. The summed E-state index contributed by atoms with van der Waals surface area (Å²) < 4.78 is 5.58. The highest BCUT2D eigenvalue weighted by atomic mass is 35.5. The number of halogens is 1. The molecule has 0 radical (unpaired) electrons. The van der Waals surface area contributed by atoms with Gasteiger partial charge in [-0.3, -0.25) is 14.4 Å². The molecule has 1 aliphatic rings. The first-order chi connectivity index (χ1) is 17.3. The van der Waals surface area contributed by atoms with Crippen molar-refractivity contribution in [3.8, 4) is 5.75 Å². The third kappa shape index (κ3) is 6.23. The van der Waals surface area contributed by atoms with Gasteiger partial charge in [-0.2, -0.15) is 0 Å². The van der Waals surface area contributed by atoms with Crippen LogP contribution < -0.4 is 20.3 Å². The smallest absolute Gasteiger partial charge is 0.262 e. The van der Waals surface area contributed by atoms with Crippen molar-refractivity contribution < 1.29 is 19.1 Å². The summed E-state index contributed by atoms with van der Waals surface area (Å²) in [6.07, 6.45) is 0.168. The largest absolute Gasteiger partial charge is 0.484 e. The third-order valence-electron chi connectivity index (χ3n) is 6.14. The van der Waals surface area contributed by atoms with Gasteiger partial charge in [0, 0.05) is 35.9 Å². The summed E-state index contributed by atoms with van der Waals surface area (Å²) >= 11 is 6.09. The Morgan fingerprint density at radius 1 is 1.03 bits per heavy atom. The van der Waals surface area contributed by atoms with Crippen molar-refractivity contribution in [1.29, 1.82) is 0 Å². The monoisotopic (exact) mass is 505 g/mol. The van der Waals surface area contributed by atoms with Crippen molar-refractivity contribution in [2.45, 2.75) is 26.8 Å². The average molecular weight is 506 g/mol. The van der Waals surface area contributed by atoms with Crippen LogP contribution in [0.3, 0.4) is 0 Å². The number of carbonyl (C=O) groups is 3. The van der Waals surface area contributed by atoms with Gasteiger partial charge in [0.15, 0.2) is 6.61 Å². The Morgan fingerprint density at radius 3 is 2.47 bits per heavy atom. The number of carbonyl (C=O) groups excluding carboxylic acids is 3. The fourth-order valence-corrected chi connectivity index (χ4v) is 4.15. The van der Waals surface area contributed by atoms with Gasteiger partial charge in [0.25, 0.3) is 5.91 Å². The molecule has 0 aromatic heterocycles. The first-order valence-electron chi connectivity index (χ1n) is 11.7. The molecule has 8 heteroatoms. The normalized spacial score (nSPS) is 15.0. The molecular formula is C28H28ClN3O4. The maximum atomic E-state index is 12.6. The van der Waals surface area contributed by atoms with Crippen molar-refractivity contribution in [2.24, 2.45) is 5.92 Å². The number of hydrogen-bond donors (Lipinski definition) is 2. The third-order valence-corrected chi connectivity index (χ3v) is 6.55. The predicted octanol–water partition coefficient (Wildman–Crippen LogP) is 4.64. The van der Waals surface area contributed by atoms with Crippen molar-refractivity contribution in [2.75, 3.05) is 23.4 Å². The minimum absolute atomic E-state index is 0.101. The van der Waals surface area contributed by atoms with Crippen LogP contribution in [0.25, 0.3) is 0 Å². The maximum Gasteiger partial charge on any atom is 0.262 e. The molecule has 0 spiro atoms. The van der Waals surface area contributed by atoms with E-state index in [9.17, 15) is 14.4 Å². The molecule has 1 aliphatic heterocycles. The van der Waals surface area contributed by atoms with Gasteiger partial charge in [0.2, 0.25) is 11.8 Å². The van der Waals surface area contributed by atoms with Crippen LogP contribution in [0.15, 0.2) is 66.7 Å². The fraction of sp³-hybridized carbons (Fsp3) is 0.250. The maximum absolute atomic E-state index is 12.6. The van der Waals surface area contributed by atoms with Crippen molar-refractivity contribution in [1.82, 2.24) is 5.32 Å². The van der Waals surface area contributed by atoms with Crippen LogP contribution >= 0.6 is 11.6 Å². The van der Waals surface area contributed by atoms with E-state index in [2.05, 4.69) is 10.6 Å². The molecule has 36 heavy (non-hydrogen) atoms. The van der Waals surface area contributed by atoms with Gasteiger partial charge in [-0.1, -0.05) is 47.5 Å². The molecule has 7 nitrogen and oxygen atoms in total. The van der Waals surface area contributed by atoms with Crippen molar-refractivity contribution in [3.05, 3.63) is 88.4 Å². The van der Waals surface area contributed by atoms with E-state index in [0.717, 1.165) is 16.7 Å². The molecule has 0 unspecified atom stereocenters. The van der Waals surface area contributed by atoms with Gasteiger partial charge < -0.3 is 20.3 Å². The molecule has 0 saturated carbocycles. The highest BCUT2D eigenvalue weighted by Crippen LogP contribution is 2.27. The molecule has 1 fully saturated rings. The number of nitrogens with zero attached hydrogens (tertiary/aromatic N) is 1. The molecule has 1 saturated heterocycles. The molecule has 0 aliphatic carbocycles. The lowest BCUT2D eigenvalue weighted by Crippen LogP contribution is -2.32. The SMILES string of the molecule is Cc1ccc(CNC(=O)[C@@H]2CC(=O)N(c3ccc(OCC(=O)Nc4cccc(Cl)c4C)cc3)C2)cc1. The lowest BCUT2D eigenvalue weighted by atomic mass is 10.1. The summed E-state index contributed by atoms with van der Waals surface area (Å²) in [5, 5.41) is 6.29. The second-order valence-corrected chi connectivity index (χ2v) is 9.26. The minimum atomic E-state index is -0.405. The van der Waals surface area contributed by atoms with Crippen LogP contribution in [0.1, 0.15) is 23.1 Å². The summed E-state index contributed by atoms with van der Waals surface area (Å²) in [4.78, 5) is 39.1. The lowest BCUT2D eigenvalue weighted by molar-refractivity contribution is -0.126. The molecule has 3 aromatic rings. The first-order valence-corrected chi connectivity index (χ1v) is 12.1. The Labute approximate surface area is 215 Å². The summed E-state index contributed by atoms with van der Waals surface area (Å²) in [5.41, 5.74) is 4.28. The standard InChI is InChI=1S/C28H28ClN3O4/c1-18-6-8-20(9-7-18)15-30-28(35)21-14-27(34)32(16-21)22-10-12-23(13-11-22)36-17-26(33)31-25-5-3-4-24(29)19(25)2/h3-13,21H,14-17H2,1-2H3,(H,30,35)(H,31,33)/t21-/m1/s1. The van der Waals surface area contributed by atoms with E-state index in [1.807, 2.05) is 38.1 Å². The zero-order chi connectivity index (χ0) is 25.7. The number of amides is 3. The van der Waals surface area contributed by atoms with Crippen LogP contribution in [-0.4, -0.2) is 30.9 Å². The fourth-order valence-electron chi connectivity index (χ4n) is 3.97. The van der Waals surface area contributed by atoms with Gasteiger partial charge in [-0.05, 0) is 61.4 Å². The Morgan fingerprint density at radius 2 is 1.75 bits per heavy atom. The molecule has 3 aromatic carbocycles. The molecular weight excluding hydrogens is 478 g/mol. The second kappa shape index (κ2) is 11.3. The zero-order valence-corrected chi connectivity index (χ0v) is 21.0. The zero-order valence-electron chi connectivity index (χ0n) is 20.2. The highest BCUT2D eigenvalue weighted by molar-refractivity contribution is 6.31. The van der Waals surface area contributed by atoms with Crippen molar-refractivity contribution in [3.63, 3.8) is 0 Å². The average Bonchev–Trinajstić information content (AvgIpc) is 3.27. The Hall–Kier alpha value is -3.84. The summed E-state index contributed by atoms with van der Waals surface area (Å²) in [6.45, 7) is 4.42. The highest BCUT2D eigenvalue weighted by Gasteiger charge is 2.35. The summed E-state index contributed by atoms with van der Waals surface area (Å²) in [6, 6.07) is 20.2. The van der Waals surface area contributed by atoms with E-state index < -0.39 is 5.92 Å². The Bertz CT molecular complexity index is 1260. The quantitative estimate of drug-likeness (QED) is 0.466. The Kier molecular flexibility index (Phi) is 7.90. The van der Waals surface area contributed by atoms with E-state index in [1.54, 1.807) is 47.4 Å². The van der Waals surface area contributed by atoms with Crippen LogP contribution in [-0.2, 0) is 20.9 Å². The van der Waals surface area contributed by atoms with E-state index in [4.69, 9.17) is 16.3 Å². The van der Waals surface area contributed by atoms with Crippen LogP contribution in [0, 0.1) is 19.8 Å². The van der Waals surface area contributed by atoms with Crippen molar-refractivity contribution >= 4 is 40.7 Å². The van der Waals surface area contributed by atoms with E-state index in [1.165, 1.54) is 0 Å². The molecule has 1 heterocycles. The van der Waals surface area contributed by atoms with Crippen LogP contribution in [0.5, 0.6) is 5.75 Å². The number of aryl methyl sites for hydroxylation is 1. The van der Waals surface area contributed by atoms with E-state index >= 15 is 0 Å². The molecule has 1 atom stereocenters. The molecule has 3 amide bonds. The lowest BCUT2D eigenvalue weighted by Gasteiger charge is -2.17. The van der Waals surface area contributed by atoms with Gasteiger partial charge in [-0.15, -0.1) is 0 Å². The van der Waals surface area contributed by atoms with Gasteiger partial charge >= 0.3 is 0 Å². The molecule has 4 rings (SSSR count). The number of nitrogens with one attached hydrogen (secondary N) is 2. The van der Waals surface area contributed by atoms with Gasteiger partial charge in [0.1, 0.15) is 5.75 Å². The Balaban J connectivity index is 1.27. The molecule has 2 N–H and O–H groups in total. The summed E-state index contributed by atoms with van der Waals surface area (Å²) in [5.74, 6) is -0.449. The first kappa shape index (κ1) is 25.3. The summed E-state index contributed by atoms with van der Waals surface area (Å²) in [7, 11) is 0. The predicted molar refractivity (Wildman–Crippen MR) is 140 cm³/mol. The number of benzene rings is 3. The van der Waals surface area contributed by atoms with E-state index in [0.29, 0.717) is 35.2 Å². The topological polar surface area (TPSA) is 87.7 Å². The molecule has 0 bridgehead atoms. The van der Waals surface area contributed by atoms with Crippen LogP contribution in [0.2, 0.25) is 5.02 Å².